The molecule has 0 saturated carbocycles. The highest BCUT2D eigenvalue weighted by atomic mass is 19.3. The van der Waals surface area contributed by atoms with Gasteiger partial charge in [0, 0.05) is 37.2 Å². The largest absolute Gasteiger partial charge is 0.329 e. The summed E-state index contributed by atoms with van der Waals surface area (Å²) in [4.78, 5) is 32.7. The van der Waals surface area contributed by atoms with E-state index in [2.05, 4.69) is 15.3 Å². The maximum atomic E-state index is 14.6. The van der Waals surface area contributed by atoms with Crippen molar-refractivity contribution in [1.82, 2.24) is 14.9 Å². The molecule has 6 nitrogen and oxygen atoms in total. The number of para-hydroxylation sites is 1. The van der Waals surface area contributed by atoms with Crippen molar-refractivity contribution in [3.8, 4) is 0 Å². The highest BCUT2D eigenvalue weighted by molar-refractivity contribution is 5.94. The summed E-state index contributed by atoms with van der Waals surface area (Å²) < 4.78 is 29.1. The Labute approximate surface area is 171 Å². The van der Waals surface area contributed by atoms with Crippen LogP contribution >= 0.6 is 0 Å². The monoisotopic (exact) mass is 412 g/mol. The van der Waals surface area contributed by atoms with Gasteiger partial charge in [-0.2, -0.15) is 0 Å². The molecule has 3 aromatic rings. The number of fused-ring (bicyclic) bond motifs is 1. The van der Waals surface area contributed by atoms with Gasteiger partial charge in [-0.25, -0.2) is 13.8 Å². The highest BCUT2D eigenvalue weighted by Crippen LogP contribution is 2.40. The number of piperidine rings is 1. The molecule has 1 saturated heterocycles. The maximum Gasteiger partial charge on any atom is 0.257 e. The number of aromatic nitrogens is 2. The molecule has 0 bridgehead atoms. The lowest BCUT2D eigenvalue weighted by Gasteiger charge is -2.40. The number of rotatable bonds is 4. The molecule has 2 N–H and O–H groups in total. The van der Waals surface area contributed by atoms with Crippen molar-refractivity contribution < 1.29 is 13.6 Å². The first-order valence-electron chi connectivity index (χ1n) is 9.81. The van der Waals surface area contributed by atoms with E-state index < -0.39 is 17.9 Å². The van der Waals surface area contributed by atoms with E-state index in [0.29, 0.717) is 11.4 Å². The van der Waals surface area contributed by atoms with Crippen molar-refractivity contribution in [3.63, 3.8) is 0 Å². The number of carbonyl (C=O) groups excluding carboxylic acids is 1. The van der Waals surface area contributed by atoms with Crippen LogP contribution in [0.15, 0.2) is 59.5 Å². The number of likely N-dealkylation sites (tertiary alicyclic amines) is 1. The molecule has 1 aliphatic rings. The van der Waals surface area contributed by atoms with Crippen LogP contribution in [0.4, 0.5) is 14.6 Å². The number of H-pyrrole nitrogens is 1. The lowest BCUT2D eigenvalue weighted by Crippen LogP contribution is -2.52. The maximum absolute atomic E-state index is 14.6. The molecule has 1 aromatic carbocycles. The zero-order valence-corrected chi connectivity index (χ0v) is 16.4. The number of carbonyl (C=O) groups is 1. The summed E-state index contributed by atoms with van der Waals surface area (Å²) in [5.74, 6) is -3.89. The Morgan fingerprint density at radius 1 is 1.23 bits per heavy atom. The van der Waals surface area contributed by atoms with Crippen molar-refractivity contribution in [2.24, 2.45) is 0 Å². The number of nitrogens with zero attached hydrogens (tertiary/aromatic N) is 2. The Morgan fingerprint density at radius 2 is 2.03 bits per heavy atom. The second-order valence-electron chi connectivity index (χ2n) is 7.60. The van der Waals surface area contributed by atoms with Crippen LogP contribution in [0.1, 0.15) is 24.8 Å². The molecule has 4 rings (SSSR count). The van der Waals surface area contributed by atoms with Crippen LogP contribution in [0.5, 0.6) is 0 Å². The van der Waals surface area contributed by atoms with Crippen molar-refractivity contribution in [3.05, 3.63) is 70.6 Å². The summed E-state index contributed by atoms with van der Waals surface area (Å²) in [6.45, 7) is 1.81. The molecule has 30 heavy (non-hydrogen) atoms. The minimum Gasteiger partial charge on any atom is -0.329 e. The number of halogens is 2. The number of benzene rings is 1. The van der Waals surface area contributed by atoms with Crippen LogP contribution in [0.3, 0.4) is 0 Å². The molecule has 8 heteroatoms. The van der Waals surface area contributed by atoms with Crippen LogP contribution in [0.25, 0.3) is 10.9 Å². The van der Waals surface area contributed by atoms with Crippen LogP contribution in [-0.4, -0.2) is 45.8 Å². The molecule has 0 radical (unpaired) electrons. The number of pyridine rings is 2. The Balaban J connectivity index is 1.48. The van der Waals surface area contributed by atoms with Gasteiger partial charge in [0.25, 0.3) is 5.92 Å². The molecule has 0 aliphatic carbocycles. The highest BCUT2D eigenvalue weighted by Gasteiger charge is 2.46. The van der Waals surface area contributed by atoms with Gasteiger partial charge >= 0.3 is 0 Å². The summed E-state index contributed by atoms with van der Waals surface area (Å²) in [6, 6.07) is 13.2. The van der Waals surface area contributed by atoms with E-state index in [0.717, 1.165) is 10.9 Å². The van der Waals surface area contributed by atoms with E-state index in [1.54, 1.807) is 17.9 Å². The lowest BCUT2D eigenvalue weighted by atomic mass is 9.87. The van der Waals surface area contributed by atoms with Crippen LogP contribution in [0.2, 0.25) is 0 Å². The summed E-state index contributed by atoms with van der Waals surface area (Å²) in [5, 5.41) is 3.75. The predicted octanol–water partition coefficient (Wildman–Crippen LogP) is 3.37. The number of nitrogens with one attached hydrogen (secondary N) is 2. The van der Waals surface area contributed by atoms with Crippen LogP contribution in [-0.2, 0) is 4.79 Å². The van der Waals surface area contributed by atoms with Crippen LogP contribution in [0, 0.1) is 0 Å². The number of hydrogen-bond acceptors (Lipinski definition) is 4. The van der Waals surface area contributed by atoms with Gasteiger partial charge < -0.3 is 10.3 Å². The Bertz CT molecular complexity index is 1110. The standard InChI is InChI=1S/C22H22F2N4O2/c1-14(21(30)27-19-8-6-15-4-2-3-5-18(15)26-19)28-11-10-22(23,24)17(13-28)16-7-9-20(29)25-12-16/h2-9,12,14,17H,10-11,13H2,1H3,(H,25,29)(H,26,27,30)/t14?,17-/m1/s1. The molecule has 3 heterocycles. The van der Waals surface area contributed by atoms with Crippen molar-refractivity contribution in [1.29, 1.82) is 0 Å². The second kappa shape index (κ2) is 7.95. The van der Waals surface area contributed by atoms with E-state index in [1.165, 1.54) is 18.3 Å². The number of anilines is 1. The third-order valence-corrected chi connectivity index (χ3v) is 5.65. The van der Waals surface area contributed by atoms with Gasteiger partial charge in [-0.15, -0.1) is 0 Å². The molecule has 1 amide bonds. The molecule has 2 atom stereocenters. The molecule has 0 spiro atoms. The third kappa shape index (κ3) is 4.09. The SMILES string of the molecule is CC(C(=O)Nc1ccc2ccccc2n1)N1CCC(F)(F)[C@@H](c2ccc(=O)[nH]c2)C1. The summed E-state index contributed by atoms with van der Waals surface area (Å²) in [7, 11) is 0. The summed E-state index contributed by atoms with van der Waals surface area (Å²) in [6.07, 6.45) is 0.969. The van der Waals surface area contributed by atoms with Crippen molar-refractivity contribution in [2.75, 3.05) is 18.4 Å². The molecular formula is C22H22F2N4O2. The zero-order chi connectivity index (χ0) is 21.3. The fourth-order valence-electron chi connectivity index (χ4n) is 3.80. The minimum atomic E-state index is -2.91. The quantitative estimate of drug-likeness (QED) is 0.689. The van der Waals surface area contributed by atoms with Gasteiger partial charge in [0.15, 0.2) is 0 Å². The summed E-state index contributed by atoms with van der Waals surface area (Å²) >= 11 is 0. The van der Waals surface area contributed by atoms with Gasteiger partial charge in [-0.3, -0.25) is 14.5 Å². The first kappa shape index (κ1) is 20.2. The lowest BCUT2D eigenvalue weighted by molar-refractivity contribution is -0.125. The first-order chi connectivity index (χ1) is 14.3. The zero-order valence-electron chi connectivity index (χ0n) is 16.4. The molecule has 1 unspecified atom stereocenters. The Kier molecular flexibility index (Phi) is 5.34. The van der Waals surface area contributed by atoms with Gasteiger partial charge in [0.1, 0.15) is 5.82 Å². The smallest absolute Gasteiger partial charge is 0.257 e. The molecule has 2 aromatic heterocycles. The normalized spacial score (nSPS) is 20.0. The third-order valence-electron chi connectivity index (χ3n) is 5.65. The van der Waals surface area contributed by atoms with E-state index in [4.69, 9.17) is 0 Å². The van der Waals surface area contributed by atoms with Gasteiger partial charge in [-0.05, 0) is 30.7 Å². The fraction of sp³-hybridized carbons (Fsp3) is 0.318. The average molecular weight is 412 g/mol. The molecule has 1 aliphatic heterocycles. The van der Waals surface area contributed by atoms with Crippen molar-refractivity contribution in [2.45, 2.75) is 31.2 Å². The molecule has 156 valence electrons. The number of amides is 1. The second-order valence-corrected chi connectivity index (χ2v) is 7.60. The molecule has 1 fully saturated rings. The van der Waals surface area contributed by atoms with E-state index in [-0.39, 0.29) is 31.0 Å². The van der Waals surface area contributed by atoms with E-state index in [1.807, 2.05) is 30.3 Å². The van der Waals surface area contributed by atoms with Crippen LogP contribution < -0.4 is 10.9 Å². The average Bonchev–Trinajstić information content (AvgIpc) is 2.74. The number of alkyl halides is 2. The Morgan fingerprint density at radius 3 is 2.80 bits per heavy atom. The summed E-state index contributed by atoms with van der Waals surface area (Å²) in [5.41, 5.74) is 0.775. The topological polar surface area (TPSA) is 78.1 Å². The van der Waals surface area contributed by atoms with Gasteiger partial charge in [-0.1, -0.05) is 24.3 Å². The van der Waals surface area contributed by atoms with Crippen molar-refractivity contribution >= 4 is 22.6 Å². The number of aromatic amines is 1. The van der Waals surface area contributed by atoms with Gasteiger partial charge in [0.2, 0.25) is 11.5 Å². The minimum absolute atomic E-state index is 0.0127. The van der Waals surface area contributed by atoms with Gasteiger partial charge in [0.05, 0.1) is 17.5 Å². The number of hydrogen-bond donors (Lipinski definition) is 2. The molecular weight excluding hydrogens is 390 g/mol. The predicted molar refractivity (Wildman–Crippen MR) is 111 cm³/mol. The Hall–Kier alpha value is -3.13. The fourth-order valence-corrected chi connectivity index (χ4v) is 3.80. The van der Waals surface area contributed by atoms with E-state index >= 15 is 0 Å². The van der Waals surface area contributed by atoms with E-state index in [9.17, 15) is 18.4 Å². The first-order valence-corrected chi connectivity index (χ1v) is 9.81.